The van der Waals surface area contributed by atoms with E-state index in [2.05, 4.69) is 33.6 Å². The third kappa shape index (κ3) is 1.85. The highest BCUT2D eigenvalue weighted by Gasteiger charge is 2.10. The quantitative estimate of drug-likeness (QED) is 0.700. The molecule has 0 amide bonds. The molecule has 0 bridgehead atoms. The van der Waals surface area contributed by atoms with E-state index in [0.29, 0.717) is 5.56 Å². The Balaban J connectivity index is 2.28. The minimum Gasteiger partial charge on any atom is -0.341 e. The molecule has 0 radical (unpaired) electrons. The largest absolute Gasteiger partial charge is 0.341 e. The SMILES string of the molecule is CCn1c(-c2cncnc2)cc2cc(C#N)ccc21. The van der Waals surface area contributed by atoms with Crippen molar-refractivity contribution in [3.8, 4) is 17.3 Å². The fourth-order valence-corrected chi connectivity index (χ4v) is 2.35. The van der Waals surface area contributed by atoms with E-state index in [1.165, 1.54) is 6.33 Å². The summed E-state index contributed by atoms with van der Waals surface area (Å²) in [7, 11) is 0. The number of hydrogen-bond acceptors (Lipinski definition) is 3. The molecule has 0 N–H and O–H groups in total. The Morgan fingerprint density at radius 3 is 2.68 bits per heavy atom. The van der Waals surface area contributed by atoms with Crippen molar-refractivity contribution in [3.05, 3.63) is 48.5 Å². The van der Waals surface area contributed by atoms with Crippen LogP contribution in [0, 0.1) is 11.3 Å². The fraction of sp³-hybridized carbons (Fsp3) is 0.133. The van der Waals surface area contributed by atoms with Crippen LogP contribution in [0.2, 0.25) is 0 Å². The molecule has 0 aliphatic carbocycles. The first-order chi connectivity index (χ1) is 9.33. The maximum Gasteiger partial charge on any atom is 0.115 e. The summed E-state index contributed by atoms with van der Waals surface area (Å²) >= 11 is 0. The van der Waals surface area contributed by atoms with Gasteiger partial charge >= 0.3 is 0 Å². The van der Waals surface area contributed by atoms with E-state index >= 15 is 0 Å². The van der Waals surface area contributed by atoms with Crippen LogP contribution in [0.25, 0.3) is 22.2 Å². The second kappa shape index (κ2) is 4.54. The molecule has 4 nitrogen and oxygen atoms in total. The molecule has 1 aromatic carbocycles. The first-order valence-electron chi connectivity index (χ1n) is 6.12. The molecule has 2 aromatic heterocycles. The smallest absolute Gasteiger partial charge is 0.115 e. The highest BCUT2D eigenvalue weighted by atomic mass is 15.0. The van der Waals surface area contributed by atoms with Crippen molar-refractivity contribution in [2.45, 2.75) is 13.5 Å². The molecule has 0 spiro atoms. The molecule has 2 heterocycles. The van der Waals surface area contributed by atoms with Gasteiger partial charge in [0.2, 0.25) is 0 Å². The van der Waals surface area contributed by atoms with Gasteiger partial charge in [-0.05, 0) is 31.2 Å². The summed E-state index contributed by atoms with van der Waals surface area (Å²) in [5.41, 5.74) is 3.87. The van der Waals surface area contributed by atoms with E-state index < -0.39 is 0 Å². The van der Waals surface area contributed by atoms with Gasteiger partial charge in [0.1, 0.15) is 6.33 Å². The monoisotopic (exact) mass is 248 g/mol. The summed E-state index contributed by atoms with van der Waals surface area (Å²) in [5, 5.41) is 10.0. The highest BCUT2D eigenvalue weighted by Crippen LogP contribution is 2.28. The zero-order chi connectivity index (χ0) is 13.2. The van der Waals surface area contributed by atoms with Crippen molar-refractivity contribution < 1.29 is 0 Å². The van der Waals surface area contributed by atoms with Gasteiger partial charge in [-0.2, -0.15) is 5.26 Å². The lowest BCUT2D eigenvalue weighted by atomic mass is 10.1. The van der Waals surface area contributed by atoms with E-state index in [0.717, 1.165) is 28.7 Å². The Morgan fingerprint density at radius 1 is 1.21 bits per heavy atom. The van der Waals surface area contributed by atoms with Gasteiger partial charge in [0, 0.05) is 35.4 Å². The minimum absolute atomic E-state index is 0.677. The maximum atomic E-state index is 8.97. The van der Waals surface area contributed by atoms with Gasteiger partial charge in [0.15, 0.2) is 0 Å². The normalized spacial score (nSPS) is 10.5. The highest BCUT2D eigenvalue weighted by molar-refractivity contribution is 5.87. The summed E-state index contributed by atoms with van der Waals surface area (Å²) in [5.74, 6) is 0. The third-order valence-electron chi connectivity index (χ3n) is 3.20. The number of fused-ring (bicyclic) bond motifs is 1. The summed E-state index contributed by atoms with van der Waals surface area (Å²) in [6.45, 7) is 2.96. The van der Waals surface area contributed by atoms with Crippen LogP contribution < -0.4 is 0 Å². The third-order valence-corrected chi connectivity index (χ3v) is 3.20. The summed E-state index contributed by atoms with van der Waals surface area (Å²) < 4.78 is 2.20. The molecule has 4 heteroatoms. The van der Waals surface area contributed by atoms with Gasteiger partial charge in [-0.3, -0.25) is 0 Å². The minimum atomic E-state index is 0.677. The molecule has 0 saturated heterocycles. The van der Waals surface area contributed by atoms with E-state index in [9.17, 15) is 0 Å². The Kier molecular flexibility index (Phi) is 2.73. The van der Waals surface area contributed by atoms with Crippen LogP contribution in [0.3, 0.4) is 0 Å². The molecule has 0 aliphatic rings. The van der Waals surface area contributed by atoms with Crippen molar-refractivity contribution in [2.75, 3.05) is 0 Å². The molecular weight excluding hydrogens is 236 g/mol. The topological polar surface area (TPSA) is 54.5 Å². The number of benzene rings is 1. The molecule has 3 rings (SSSR count). The molecule has 0 saturated carbocycles. The molecule has 0 fully saturated rings. The Morgan fingerprint density at radius 2 is 2.00 bits per heavy atom. The number of aromatic nitrogens is 3. The molecule has 0 unspecified atom stereocenters. The molecule has 0 atom stereocenters. The van der Waals surface area contributed by atoms with Gasteiger partial charge in [-0.15, -0.1) is 0 Å². The molecular formula is C15H12N4. The number of rotatable bonds is 2. The van der Waals surface area contributed by atoms with E-state index in [-0.39, 0.29) is 0 Å². The predicted molar refractivity (Wildman–Crippen MR) is 73.4 cm³/mol. The van der Waals surface area contributed by atoms with Crippen LogP contribution in [-0.4, -0.2) is 14.5 Å². The summed E-state index contributed by atoms with van der Waals surface area (Å²) in [4.78, 5) is 8.13. The van der Waals surface area contributed by atoms with Crippen LogP contribution in [-0.2, 0) is 6.54 Å². The van der Waals surface area contributed by atoms with Crippen LogP contribution in [0.5, 0.6) is 0 Å². The second-order valence-electron chi connectivity index (χ2n) is 4.29. The lowest BCUT2D eigenvalue weighted by molar-refractivity contribution is 0.804. The van der Waals surface area contributed by atoms with Gasteiger partial charge in [-0.25, -0.2) is 9.97 Å². The number of aryl methyl sites for hydroxylation is 1. The molecule has 0 aliphatic heterocycles. The first-order valence-corrected chi connectivity index (χ1v) is 6.12. The van der Waals surface area contributed by atoms with Crippen molar-refractivity contribution in [3.63, 3.8) is 0 Å². The average Bonchev–Trinajstić information content (AvgIpc) is 2.85. The molecule has 19 heavy (non-hydrogen) atoms. The van der Waals surface area contributed by atoms with Gasteiger partial charge in [0.05, 0.1) is 17.3 Å². The predicted octanol–water partition coefficient (Wildman–Crippen LogP) is 2.99. The second-order valence-corrected chi connectivity index (χ2v) is 4.29. The standard InChI is InChI=1S/C15H12N4/c1-2-19-14-4-3-11(7-16)5-12(14)6-15(19)13-8-17-10-18-9-13/h3-6,8-10H,2H2,1H3. The number of nitriles is 1. The van der Waals surface area contributed by atoms with Crippen LogP contribution in [0.4, 0.5) is 0 Å². The molecule has 3 aromatic rings. The molecule has 92 valence electrons. The van der Waals surface area contributed by atoms with Crippen molar-refractivity contribution >= 4 is 10.9 Å². The Labute approximate surface area is 111 Å². The van der Waals surface area contributed by atoms with E-state index in [4.69, 9.17) is 5.26 Å². The van der Waals surface area contributed by atoms with Gasteiger partial charge < -0.3 is 4.57 Å². The Hall–Kier alpha value is -2.67. The summed E-state index contributed by atoms with van der Waals surface area (Å²) in [6, 6.07) is 10.0. The number of nitrogens with zero attached hydrogens (tertiary/aromatic N) is 4. The van der Waals surface area contributed by atoms with Crippen LogP contribution >= 0.6 is 0 Å². The first kappa shape index (κ1) is 11.4. The maximum absolute atomic E-state index is 8.97. The van der Waals surface area contributed by atoms with E-state index in [1.54, 1.807) is 12.4 Å². The zero-order valence-electron chi connectivity index (χ0n) is 10.5. The van der Waals surface area contributed by atoms with Crippen LogP contribution in [0.1, 0.15) is 12.5 Å². The lowest BCUT2D eigenvalue weighted by Gasteiger charge is -2.07. The van der Waals surface area contributed by atoms with Crippen molar-refractivity contribution in [2.24, 2.45) is 0 Å². The van der Waals surface area contributed by atoms with Crippen molar-refractivity contribution in [1.82, 2.24) is 14.5 Å². The number of hydrogen-bond donors (Lipinski definition) is 0. The van der Waals surface area contributed by atoms with Gasteiger partial charge in [0.25, 0.3) is 0 Å². The average molecular weight is 248 g/mol. The summed E-state index contributed by atoms with van der Waals surface area (Å²) in [6.07, 6.45) is 5.13. The lowest BCUT2D eigenvalue weighted by Crippen LogP contribution is -1.97. The fourth-order valence-electron chi connectivity index (χ4n) is 2.35. The van der Waals surface area contributed by atoms with Crippen LogP contribution in [0.15, 0.2) is 43.0 Å². The van der Waals surface area contributed by atoms with Crippen molar-refractivity contribution in [1.29, 1.82) is 5.26 Å². The van der Waals surface area contributed by atoms with E-state index in [1.807, 2.05) is 18.2 Å². The van der Waals surface area contributed by atoms with Gasteiger partial charge in [-0.1, -0.05) is 0 Å². The Bertz CT molecular complexity index is 766. The zero-order valence-corrected chi connectivity index (χ0v) is 10.5.